The van der Waals surface area contributed by atoms with Gasteiger partial charge in [0.05, 0.1) is 0 Å². The quantitative estimate of drug-likeness (QED) is 0.936. The summed E-state index contributed by atoms with van der Waals surface area (Å²) in [6.07, 6.45) is -0.182. The van der Waals surface area contributed by atoms with Gasteiger partial charge in [-0.05, 0) is 17.7 Å². The van der Waals surface area contributed by atoms with Crippen molar-refractivity contribution in [2.24, 2.45) is 0 Å². The molecule has 0 aliphatic rings. The maximum atomic E-state index is 13.5. The van der Waals surface area contributed by atoms with Gasteiger partial charge in [0.1, 0.15) is 12.2 Å². The molecule has 1 aromatic carbocycles. The lowest BCUT2D eigenvalue weighted by atomic mass is 10.1. The molecule has 0 atom stereocenters. The average molecular weight is 315 g/mol. The number of rotatable bonds is 4. The van der Waals surface area contributed by atoms with Gasteiger partial charge in [-0.1, -0.05) is 27.2 Å². The zero-order valence-electron chi connectivity index (χ0n) is 9.06. The molecule has 18 heavy (non-hydrogen) atoms. The molecule has 0 fully saturated rings. The fourth-order valence-corrected chi connectivity index (χ4v) is 1.73. The molecule has 5 nitrogen and oxygen atoms in total. The second-order valence-electron chi connectivity index (χ2n) is 3.59. The minimum Gasteiger partial charge on any atom is -0.481 e. The molecule has 1 heterocycles. The lowest BCUT2D eigenvalue weighted by Gasteiger charge is -1.99. The maximum absolute atomic E-state index is 13.5. The van der Waals surface area contributed by atoms with Crippen molar-refractivity contribution in [3.63, 3.8) is 0 Å². The molecule has 0 bridgehead atoms. The highest BCUT2D eigenvalue weighted by atomic mass is 79.9. The van der Waals surface area contributed by atoms with Gasteiger partial charge < -0.3 is 9.63 Å². The van der Waals surface area contributed by atoms with Gasteiger partial charge in [0.2, 0.25) is 5.89 Å². The lowest BCUT2D eigenvalue weighted by molar-refractivity contribution is -0.136. The summed E-state index contributed by atoms with van der Waals surface area (Å²) in [6.45, 7) is 0. The first kappa shape index (κ1) is 12.7. The molecule has 0 saturated heterocycles. The number of aliphatic carboxylic acids is 1. The highest BCUT2D eigenvalue weighted by molar-refractivity contribution is 9.10. The molecular formula is C11H8BrFN2O3. The second-order valence-corrected chi connectivity index (χ2v) is 4.50. The first-order chi connectivity index (χ1) is 8.54. The van der Waals surface area contributed by atoms with Crippen LogP contribution in [0.25, 0.3) is 0 Å². The van der Waals surface area contributed by atoms with Gasteiger partial charge in [-0.3, -0.25) is 4.79 Å². The van der Waals surface area contributed by atoms with Gasteiger partial charge in [-0.15, -0.1) is 0 Å². The van der Waals surface area contributed by atoms with E-state index in [-0.39, 0.29) is 30.4 Å². The van der Waals surface area contributed by atoms with Crippen molar-refractivity contribution in [3.05, 3.63) is 45.8 Å². The zero-order chi connectivity index (χ0) is 13.1. The van der Waals surface area contributed by atoms with Crippen molar-refractivity contribution in [1.82, 2.24) is 10.1 Å². The van der Waals surface area contributed by atoms with E-state index in [2.05, 4.69) is 26.1 Å². The van der Waals surface area contributed by atoms with Crippen molar-refractivity contribution in [3.8, 4) is 0 Å². The van der Waals surface area contributed by atoms with E-state index < -0.39 is 5.97 Å². The average Bonchev–Trinajstić information content (AvgIpc) is 2.69. The van der Waals surface area contributed by atoms with E-state index >= 15 is 0 Å². The highest BCUT2D eigenvalue weighted by Crippen LogP contribution is 2.17. The molecule has 0 radical (unpaired) electrons. The summed E-state index contributed by atoms with van der Waals surface area (Å²) in [5.41, 5.74) is 0.417. The molecule has 0 spiro atoms. The molecule has 7 heteroatoms. The van der Waals surface area contributed by atoms with Crippen LogP contribution < -0.4 is 0 Å². The molecule has 1 aromatic heterocycles. The molecule has 1 N–H and O–H groups in total. The van der Waals surface area contributed by atoms with Crippen LogP contribution in [-0.4, -0.2) is 21.2 Å². The van der Waals surface area contributed by atoms with Crippen LogP contribution in [-0.2, 0) is 17.6 Å². The summed E-state index contributed by atoms with van der Waals surface area (Å²) in [4.78, 5) is 14.3. The predicted molar refractivity (Wildman–Crippen MR) is 62.5 cm³/mol. The topological polar surface area (TPSA) is 76.2 Å². The SMILES string of the molecule is O=C(O)Cc1nc(Cc2ccc(Br)cc2F)no1. The van der Waals surface area contributed by atoms with Gasteiger partial charge in [0.15, 0.2) is 5.82 Å². The molecule has 0 amide bonds. The van der Waals surface area contributed by atoms with E-state index in [0.29, 0.717) is 10.0 Å². The van der Waals surface area contributed by atoms with Gasteiger partial charge in [-0.2, -0.15) is 4.98 Å². The Balaban J connectivity index is 2.13. The van der Waals surface area contributed by atoms with Crippen molar-refractivity contribution in [1.29, 1.82) is 0 Å². The second kappa shape index (κ2) is 5.26. The van der Waals surface area contributed by atoms with Gasteiger partial charge in [0, 0.05) is 10.9 Å². The Morgan fingerprint density at radius 2 is 2.28 bits per heavy atom. The largest absolute Gasteiger partial charge is 0.481 e. The molecule has 0 unspecified atom stereocenters. The number of aromatic nitrogens is 2. The van der Waals surface area contributed by atoms with E-state index in [1.165, 1.54) is 6.07 Å². The smallest absolute Gasteiger partial charge is 0.312 e. The minimum atomic E-state index is -1.06. The summed E-state index contributed by atoms with van der Waals surface area (Å²) in [6, 6.07) is 4.65. The Morgan fingerprint density at radius 1 is 1.50 bits per heavy atom. The van der Waals surface area contributed by atoms with Crippen molar-refractivity contribution in [2.45, 2.75) is 12.8 Å². The number of benzene rings is 1. The normalized spacial score (nSPS) is 10.6. The number of carbonyl (C=O) groups is 1. The van der Waals surface area contributed by atoms with Crippen LogP contribution in [0.15, 0.2) is 27.2 Å². The summed E-state index contributed by atoms with van der Waals surface area (Å²) in [5.74, 6) is -1.17. The third-order valence-electron chi connectivity index (χ3n) is 2.18. The summed E-state index contributed by atoms with van der Waals surface area (Å²) in [7, 11) is 0. The fraction of sp³-hybridized carbons (Fsp3) is 0.182. The monoisotopic (exact) mass is 314 g/mol. The number of carboxylic acid groups (broad SMARTS) is 1. The Hall–Kier alpha value is -1.76. The predicted octanol–water partition coefficient (Wildman–Crippen LogP) is 2.19. The van der Waals surface area contributed by atoms with E-state index in [0.717, 1.165) is 0 Å². The molecule has 0 saturated carbocycles. The number of halogens is 2. The molecule has 2 aromatic rings. The number of nitrogens with zero attached hydrogens (tertiary/aromatic N) is 2. The van der Waals surface area contributed by atoms with Crippen molar-refractivity contribution in [2.75, 3.05) is 0 Å². The van der Waals surface area contributed by atoms with Gasteiger partial charge in [-0.25, -0.2) is 4.39 Å². The molecular weight excluding hydrogens is 307 g/mol. The van der Waals surface area contributed by atoms with E-state index in [1.54, 1.807) is 12.1 Å². The fourth-order valence-electron chi connectivity index (χ4n) is 1.40. The van der Waals surface area contributed by atoms with Crippen LogP contribution in [0.2, 0.25) is 0 Å². The molecule has 94 valence electrons. The maximum Gasteiger partial charge on any atom is 0.312 e. The standard InChI is InChI=1S/C11H8BrFN2O3/c12-7-2-1-6(8(13)4-7)3-9-14-10(18-15-9)5-11(16)17/h1-2,4H,3,5H2,(H,16,17). The first-order valence-electron chi connectivity index (χ1n) is 5.02. The van der Waals surface area contributed by atoms with Crippen LogP contribution in [0, 0.1) is 5.82 Å². The molecule has 0 aliphatic carbocycles. The lowest BCUT2D eigenvalue weighted by Crippen LogP contribution is -2.00. The Kier molecular flexibility index (Phi) is 3.71. The van der Waals surface area contributed by atoms with Crippen LogP contribution >= 0.6 is 15.9 Å². The van der Waals surface area contributed by atoms with Gasteiger partial charge in [0.25, 0.3) is 0 Å². The van der Waals surface area contributed by atoms with Crippen LogP contribution in [0.3, 0.4) is 0 Å². The van der Waals surface area contributed by atoms with E-state index in [9.17, 15) is 9.18 Å². The minimum absolute atomic E-state index is 0.00928. The summed E-state index contributed by atoms with van der Waals surface area (Å²) in [5, 5.41) is 12.1. The van der Waals surface area contributed by atoms with Crippen LogP contribution in [0.4, 0.5) is 4.39 Å². The molecule has 0 aliphatic heterocycles. The Bertz CT molecular complexity index is 585. The number of hydrogen-bond acceptors (Lipinski definition) is 4. The van der Waals surface area contributed by atoms with E-state index in [1.807, 2.05) is 0 Å². The third-order valence-corrected chi connectivity index (χ3v) is 2.67. The highest BCUT2D eigenvalue weighted by Gasteiger charge is 2.12. The van der Waals surface area contributed by atoms with Gasteiger partial charge >= 0.3 is 5.97 Å². The Morgan fingerprint density at radius 3 is 2.94 bits per heavy atom. The van der Waals surface area contributed by atoms with Crippen molar-refractivity contribution < 1.29 is 18.8 Å². The first-order valence-corrected chi connectivity index (χ1v) is 5.81. The Labute approximate surface area is 110 Å². The van der Waals surface area contributed by atoms with Crippen molar-refractivity contribution >= 4 is 21.9 Å². The summed E-state index contributed by atoms with van der Waals surface area (Å²) < 4.78 is 18.9. The zero-order valence-corrected chi connectivity index (χ0v) is 10.6. The van der Waals surface area contributed by atoms with E-state index in [4.69, 9.17) is 9.63 Å². The number of carboxylic acids is 1. The van der Waals surface area contributed by atoms with Crippen LogP contribution in [0.5, 0.6) is 0 Å². The molecule has 2 rings (SSSR count). The third kappa shape index (κ3) is 3.13. The number of hydrogen-bond donors (Lipinski definition) is 1. The summed E-state index contributed by atoms with van der Waals surface area (Å²) >= 11 is 3.16. The van der Waals surface area contributed by atoms with Crippen LogP contribution in [0.1, 0.15) is 17.3 Å².